The third-order valence-electron chi connectivity index (χ3n) is 4.04. The van der Waals surface area contributed by atoms with Crippen molar-refractivity contribution in [1.82, 2.24) is 10.3 Å². The SMILES string of the molecule is O=C(NC1CC1)C1CCN(c2nc3ccccc3o2)C1. The zero-order valence-corrected chi connectivity index (χ0v) is 11.2. The Morgan fingerprint density at radius 1 is 1.30 bits per heavy atom. The van der Waals surface area contributed by atoms with Gasteiger partial charge in [0.05, 0.1) is 5.92 Å². The van der Waals surface area contributed by atoms with Gasteiger partial charge in [0.2, 0.25) is 5.91 Å². The van der Waals surface area contributed by atoms with Crippen LogP contribution in [0, 0.1) is 5.92 Å². The van der Waals surface area contributed by atoms with E-state index >= 15 is 0 Å². The van der Waals surface area contributed by atoms with Crippen molar-refractivity contribution in [3.05, 3.63) is 24.3 Å². The summed E-state index contributed by atoms with van der Waals surface area (Å²) in [7, 11) is 0. The zero-order chi connectivity index (χ0) is 13.5. The predicted octanol–water partition coefficient (Wildman–Crippen LogP) is 1.93. The summed E-state index contributed by atoms with van der Waals surface area (Å²) in [5, 5.41) is 3.08. The van der Waals surface area contributed by atoms with E-state index in [1.807, 2.05) is 24.3 Å². The van der Waals surface area contributed by atoms with Gasteiger partial charge in [0.1, 0.15) is 5.52 Å². The molecule has 2 fully saturated rings. The lowest BCUT2D eigenvalue weighted by Gasteiger charge is -2.13. The predicted molar refractivity (Wildman–Crippen MR) is 75.5 cm³/mol. The molecule has 0 bridgehead atoms. The highest BCUT2D eigenvalue weighted by atomic mass is 16.4. The number of amides is 1. The maximum atomic E-state index is 12.1. The lowest BCUT2D eigenvalue weighted by molar-refractivity contribution is -0.124. The van der Waals surface area contributed by atoms with Crippen molar-refractivity contribution in [1.29, 1.82) is 0 Å². The topological polar surface area (TPSA) is 58.4 Å². The number of para-hydroxylation sites is 2. The van der Waals surface area contributed by atoms with E-state index in [0.29, 0.717) is 18.6 Å². The molecule has 20 heavy (non-hydrogen) atoms. The highest BCUT2D eigenvalue weighted by Gasteiger charge is 2.33. The summed E-state index contributed by atoms with van der Waals surface area (Å²) >= 11 is 0. The van der Waals surface area contributed by atoms with Crippen molar-refractivity contribution in [2.24, 2.45) is 5.92 Å². The van der Waals surface area contributed by atoms with Crippen LogP contribution in [0.25, 0.3) is 11.1 Å². The van der Waals surface area contributed by atoms with E-state index in [1.54, 1.807) is 0 Å². The molecule has 104 valence electrons. The summed E-state index contributed by atoms with van der Waals surface area (Å²) in [6.45, 7) is 1.53. The molecule has 1 aliphatic carbocycles. The second-order valence-electron chi connectivity index (χ2n) is 5.68. The van der Waals surface area contributed by atoms with Gasteiger partial charge in [-0.15, -0.1) is 0 Å². The van der Waals surface area contributed by atoms with Gasteiger partial charge < -0.3 is 14.6 Å². The van der Waals surface area contributed by atoms with E-state index in [9.17, 15) is 4.79 Å². The van der Waals surface area contributed by atoms with Crippen molar-refractivity contribution in [2.75, 3.05) is 18.0 Å². The van der Waals surface area contributed by atoms with E-state index < -0.39 is 0 Å². The molecule has 1 N–H and O–H groups in total. The van der Waals surface area contributed by atoms with Crippen molar-refractivity contribution in [3.8, 4) is 0 Å². The molecular weight excluding hydrogens is 254 g/mol. The minimum absolute atomic E-state index is 0.0608. The molecule has 1 aromatic carbocycles. The average molecular weight is 271 g/mol. The summed E-state index contributed by atoms with van der Waals surface area (Å²) in [5.74, 6) is 0.247. The molecule has 1 saturated carbocycles. The Morgan fingerprint density at radius 3 is 2.95 bits per heavy atom. The molecular formula is C15H17N3O2. The summed E-state index contributed by atoms with van der Waals surface area (Å²) in [6, 6.07) is 8.81. The van der Waals surface area contributed by atoms with Crippen molar-refractivity contribution in [3.63, 3.8) is 0 Å². The summed E-state index contributed by atoms with van der Waals surface area (Å²) in [4.78, 5) is 18.6. The number of nitrogens with zero attached hydrogens (tertiary/aromatic N) is 2. The third kappa shape index (κ3) is 2.13. The Balaban J connectivity index is 1.48. The van der Waals surface area contributed by atoms with E-state index in [0.717, 1.165) is 36.9 Å². The fourth-order valence-electron chi connectivity index (χ4n) is 2.69. The molecule has 1 saturated heterocycles. The van der Waals surface area contributed by atoms with Gasteiger partial charge in [0.25, 0.3) is 6.01 Å². The maximum absolute atomic E-state index is 12.1. The minimum Gasteiger partial charge on any atom is -0.423 e. The number of oxazole rings is 1. The van der Waals surface area contributed by atoms with Crippen LogP contribution in [0.2, 0.25) is 0 Å². The fourth-order valence-corrected chi connectivity index (χ4v) is 2.69. The standard InChI is InChI=1S/C15H17N3O2/c19-14(16-11-5-6-11)10-7-8-18(9-10)15-17-12-3-1-2-4-13(12)20-15/h1-4,10-11H,5-9H2,(H,16,19). The molecule has 4 rings (SSSR count). The molecule has 1 aromatic heterocycles. The van der Waals surface area contributed by atoms with Crippen molar-refractivity contribution >= 4 is 23.0 Å². The largest absolute Gasteiger partial charge is 0.423 e. The summed E-state index contributed by atoms with van der Waals surface area (Å²) < 4.78 is 5.76. The molecule has 1 atom stereocenters. The van der Waals surface area contributed by atoms with Gasteiger partial charge in [-0.2, -0.15) is 4.98 Å². The lowest BCUT2D eigenvalue weighted by atomic mass is 10.1. The second-order valence-corrected chi connectivity index (χ2v) is 5.68. The number of carbonyl (C=O) groups is 1. The van der Waals surface area contributed by atoms with Crippen LogP contribution in [0.4, 0.5) is 6.01 Å². The molecule has 1 aliphatic heterocycles. The number of nitrogens with one attached hydrogen (secondary N) is 1. The Hall–Kier alpha value is -2.04. The van der Waals surface area contributed by atoms with Gasteiger partial charge >= 0.3 is 0 Å². The zero-order valence-electron chi connectivity index (χ0n) is 11.2. The first-order valence-corrected chi connectivity index (χ1v) is 7.20. The van der Waals surface area contributed by atoms with Gasteiger partial charge in [-0.3, -0.25) is 4.79 Å². The van der Waals surface area contributed by atoms with E-state index in [4.69, 9.17) is 4.42 Å². The molecule has 0 spiro atoms. The molecule has 2 aliphatic rings. The van der Waals surface area contributed by atoms with Crippen molar-refractivity contribution < 1.29 is 9.21 Å². The van der Waals surface area contributed by atoms with Crippen LogP contribution in [-0.4, -0.2) is 30.0 Å². The van der Waals surface area contributed by atoms with Gasteiger partial charge in [0, 0.05) is 19.1 Å². The Morgan fingerprint density at radius 2 is 2.15 bits per heavy atom. The third-order valence-corrected chi connectivity index (χ3v) is 4.04. The number of hydrogen-bond donors (Lipinski definition) is 1. The number of hydrogen-bond acceptors (Lipinski definition) is 4. The van der Waals surface area contributed by atoms with Gasteiger partial charge in [-0.1, -0.05) is 12.1 Å². The van der Waals surface area contributed by atoms with Crippen LogP contribution in [0.1, 0.15) is 19.3 Å². The van der Waals surface area contributed by atoms with Gasteiger partial charge in [-0.05, 0) is 31.4 Å². The highest BCUT2D eigenvalue weighted by molar-refractivity contribution is 5.81. The number of anilines is 1. The Labute approximate surface area is 117 Å². The quantitative estimate of drug-likeness (QED) is 0.926. The average Bonchev–Trinajstić information content (AvgIpc) is 3.00. The first-order chi connectivity index (χ1) is 9.79. The molecule has 5 heteroatoms. The summed E-state index contributed by atoms with van der Waals surface area (Å²) in [5.41, 5.74) is 1.67. The van der Waals surface area contributed by atoms with Crippen LogP contribution in [0.3, 0.4) is 0 Å². The smallest absolute Gasteiger partial charge is 0.298 e. The van der Waals surface area contributed by atoms with E-state index in [1.165, 1.54) is 0 Å². The molecule has 1 unspecified atom stereocenters. The number of aromatic nitrogens is 1. The van der Waals surface area contributed by atoms with Gasteiger partial charge in [-0.25, -0.2) is 0 Å². The van der Waals surface area contributed by atoms with Crippen LogP contribution in [0.5, 0.6) is 0 Å². The highest BCUT2D eigenvalue weighted by Crippen LogP contribution is 2.27. The van der Waals surface area contributed by atoms with Crippen LogP contribution in [-0.2, 0) is 4.79 Å². The molecule has 0 radical (unpaired) electrons. The number of benzene rings is 1. The summed E-state index contributed by atoms with van der Waals surface area (Å²) in [6.07, 6.45) is 3.14. The molecule has 2 aromatic rings. The first-order valence-electron chi connectivity index (χ1n) is 7.20. The van der Waals surface area contributed by atoms with Crippen LogP contribution in [0.15, 0.2) is 28.7 Å². The monoisotopic (exact) mass is 271 g/mol. The second kappa shape index (κ2) is 4.51. The van der Waals surface area contributed by atoms with E-state index in [2.05, 4.69) is 15.2 Å². The fraction of sp³-hybridized carbons (Fsp3) is 0.467. The Bertz CT molecular complexity index is 614. The number of fused-ring (bicyclic) bond motifs is 1. The molecule has 1 amide bonds. The maximum Gasteiger partial charge on any atom is 0.298 e. The minimum atomic E-state index is 0.0608. The normalized spacial score (nSPS) is 22.4. The lowest BCUT2D eigenvalue weighted by Crippen LogP contribution is -2.34. The molecule has 5 nitrogen and oxygen atoms in total. The van der Waals surface area contributed by atoms with Gasteiger partial charge in [0.15, 0.2) is 5.58 Å². The van der Waals surface area contributed by atoms with Crippen LogP contribution >= 0.6 is 0 Å². The number of rotatable bonds is 3. The first kappa shape index (κ1) is 11.8. The number of carbonyl (C=O) groups excluding carboxylic acids is 1. The molecule has 2 heterocycles. The van der Waals surface area contributed by atoms with Crippen molar-refractivity contribution in [2.45, 2.75) is 25.3 Å². The van der Waals surface area contributed by atoms with E-state index in [-0.39, 0.29) is 11.8 Å². The Kier molecular flexibility index (Phi) is 2.65. The van der Waals surface area contributed by atoms with Crippen LogP contribution < -0.4 is 10.2 Å².